The van der Waals surface area contributed by atoms with Crippen LogP contribution in [0, 0.1) is 13.8 Å². The van der Waals surface area contributed by atoms with Crippen LogP contribution in [0.5, 0.6) is 0 Å². The van der Waals surface area contributed by atoms with Crippen LogP contribution in [0.25, 0.3) is 0 Å². The van der Waals surface area contributed by atoms with E-state index in [9.17, 15) is 0 Å². The molecule has 0 amide bonds. The number of nitrogens with zero attached hydrogens (tertiary/aromatic N) is 1. The number of aryl methyl sites for hydroxylation is 2. The molecule has 0 aromatic heterocycles. The lowest BCUT2D eigenvalue weighted by Gasteiger charge is -1.98. The smallest absolute Gasteiger partial charge is 0.0568 e. The first-order chi connectivity index (χ1) is 4.74. The van der Waals surface area contributed by atoms with E-state index in [0.29, 0.717) is 0 Å². The molecule has 1 rings (SSSR count). The van der Waals surface area contributed by atoms with Crippen molar-refractivity contribution in [2.45, 2.75) is 13.8 Å². The van der Waals surface area contributed by atoms with E-state index >= 15 is 0 Å². The second-order valence-electron chi connectivity index (χ2n) is 2.47. The third kappa shape index (κ3) is 1.24. The Labute approximate surface area is 61.2 Å². The third-order valence-corrected chi connectivity index (χ3v) is 1.68. The first kappa shape index (κ1) is 7.00. The van der Waals surface area contributed by atoms with Crippen molar-refractivity contribution in [2.75, 3.05) is 0 Å². The summed E-state index contributed by atoms with van der Waals surface area (Å²) in [4.78, 5) is 0. The summed E-state index contributed by atoms with van der Waals surface area (Å²) in [6.07, 6.45) is 1.12. The molecule has 0 fully saturated rings. The fraction of sp³-hybridized carbons (Fsp3) is 0.222. The molecule has 0 atom stereocenters. The molecule has 0 spiro atoms. The van der Waals surface area contributed by atoms with Crippen molar-refractivity contribution in [2.24, 2.45) is 0 Å². The van der Waals surface area contributed by atoms with E-state index in [1.165, 1.54) is 11.1 Å². The molecule has 0 aliphatic heterocycles. The van der Waals surface area contributed by atoms with Crippen molar-refractivity contribution in [1.82, 2.24) is 5.41 Å². The highest BCUT2D eigenvalue weighted by molar-refractivity contribution is 5.78. The Bertz CT molecular complexity index is 251. The lowest BCUT2D eigenvalue weighted by Crippen LogP contribution is -1.85. The predicted molar refractivity (Wildman–Crippen MR) is 43.2 cm³/mol. The minimum absolute atomic E-state index is 0.864. The molecule has 0 bridgehead atoms. The van der Waals surface area contributed by atoms with Gasteiger partial charge in [0.1, 0.15) is 0 Å². The Hall–Kier alpha value is -1.11. The summed E-state index contributed by atoms with van der Waals surface area (Å²) >= 11 is 0. The van der Waals surface area contributed by atoms with Gasteiger partial charge in [0, 0.05) is 0 Å². The van der Waals surface area contributed by atoms with Gasteiger partial charge in [-0.25, -0.2) is 0 Å². The van der Waals surface area contributed by atoms with Crippen LogP contribution in [0.4, 0.5) is 0 Å². The van der Waals surface area contributed by atoms with E-state index in [1.807, 2.05) is 25.1 Å². The molecule has 0 heterocycles. The molecule has 1 radical (unpaired) electrons. The Morgan fingerprint density at radius 2 is 1.90 bits per heavy atom. The molecule has 0 unspecified atom stereocenters. The van der Waals surface area contributed by atoms with Crippen LogP contribution < -0.4 is 5.41 Å². The van der Waals surface area contributed by atoms with Crippen molar-refractivity contribution < 1.29 is 0 Å². The Balaban J connectivity index is 3.16. The summed E-state index contributed by atoms with van der Waals surface area (Å²) < 4.78 is 0. The van der Waals surface area contributed by atoms with Crippen LogP contribution in [-0.2, 0) is 0 Å². The largest absolute Gasteiger partial charge is 0.159 e. The minimum Gasteiger partial charge on any atom is -0.159 e. The third-order valence-electron chi connectivity index (χ3n) is 1.68. The SMILES string of the molecule is Cc1ccc(C=[N])cc1C. The van der Waals surface area contributed by atoms with Gasteiger partial charge in [-0.15, -0.1) is 0 Å². The van der Waals surface area contributed by atoms with E-state index in [4.69, 9.17) is 5.41 Å². The zero-order valence-corrected chi connectivity index (χ0v) is 6.26. The summed E-state index contributed by atoms with van der Waals surface area (Å²) in [7, 11) is 0. The first-order valence-corrected chi connectivity index (χ1v) is 3.28. The van der Waals surface area contributed by atoms with Crippen LogP contribution in [-0.4, -0.2) is 6.21 Å². The quantitative estimate of drug-likeness (QED) is 0.517. The molecule has 0 N–H and O–H groups in total. The van der Waals surface area contributed by atoms with Gasteiger partial charge in [-0.2, -0.15) is 5.41 Å². The fourth-order valence-electron chi connectivity index (χ4n) is 0.845. The first-order valence-electron chi connectivity index (χ1n) is 3.28. The van der Waals surface area contributed by atoms with Gasteiger partial charge >= 0.3 is 0 Å². The Morgan fingerprint density at radius 1 is 1.20 bits per heavy atom. The second-order valence-corrected chi connectivity index (χ2v) is 2.47. The zero-order chi connectivity index (χ0) is 7.56. The Morgan fingerprint density at radius 3 is 2.40 bits per heavy atom. The van der Waals surface area contributed by atoms with Crippen molar-refractivity contribution in [3.8, 4) is 0 Å². The lowest BCUT2D eigenvalue weighted by atomic mass is 10.1. The number of rotatable bonds is 1. The molecule has 51 valence electrons. The lowest BCUT2D eigenvalue weighted by molar-refractivity contribution is 1.34. The molecule has 0 saturated heterocycles. The molecule has 0 aliphatic rings. The fourth-order valence-corrected chi connectivity index (χ4v) is 0.845. The number of hydrogen-bond donors (Lipinski definition) is 0. The van der Waals surface area contributed by atoms with Crippen LogP contribution >= 0.6 is 0 Å². The van der Waals surface area contributed by atoms with Gasteiger partial charge in [0.15, 0.2) is 0 Å². The molecule has 10 heavy (non-hydrogen) atoms. The molecule has 0 saturated carbocycles. The molecule has 1 aromatic rings. The predicted octanol–water partition coefficient (Wildman–Crippen LogP) is 1.52. The van der Waals surface area contributed by atoms with Gasteiger partial charge < -0.3 is 0 Å². The Kier molecular flexibility index (Phi) is 1.86. The van der Waals surface area contributed by atoms with Gasteiger partial charge in [-0.05, 0) is 30.5 Å². The van der Waals surface area contributed by atoms with Gasteiger partial charge in [0.25, 0.3) is 0 Å². The summed E-state index contributed by atoms with van der Waals surface area (Å²) in [6, 6.07) is 5.84. The van der Waals surface area contributed by atoms with Crippen molar-refractivity contribution in [3.05, 3.63) is 34.9 Å². The van der Waals surface area contributed by atoms with Crippen LogP contribution in [0.2, 0.25) is 0 Å². The average molecular weight is 132 g/mol. The maximum atomic E-state index is 8.63. The van der Waals surface area contributed by atoms with Crippen molar-refractivity contribution in [1.29, 1.82) is 0 Å². The molecular weight excluding hydrogens is 122 g/mol. The molecule has 1 heteroatoms. The summed E-state index contributed by atoms with van der Waals surface area (Å²) in [5.74, 6) is 0. The van der Waals surface area contributed by atoms with Crippen LogP contribution in [0.15, 0.2) is 18.2 Å². The molecular formula is C9H10N. The van der Waals surface area contributed by atoms with Gasteiger partial charge in [-0.3, -0.25) is 0 Å². The maximum absolute atomic E-state index is 8.63. The van der Waals surface area contributed by atoms with Crippen LogP contribution in [0.3, 0.4) is 0 Å². The summed E-state index contributed by atoms with van der Waals surface area (Å²) in [5, 5.41) is 8.63. The zero-order valence-electron chi connectivity index (χ0n) is 6.26. The van der Waals surface area contributed by atoms with Crippen molar-refractivity contribution in [3.63, 3.8) is 0 Å². The summed E-state index contributed by atoms with van der Waals surface area (Å²) in [6.45, 7) is 4.08. The van der Waals surface area contributed by atoms with Crippen molar-refractivity contribution >= 4 is 6.21 Å². The van der Waals surface area contributed by atoms with E-state index in [1.54, 1.807) is 0 Å². The van der Waals surface area contributed by atoms with Gasteiger partial charge in [-0.1, -0.05) is 18.2 Å². The highest BCUT2D eigenvalue weighted by Gasteiger charge is 1.91. The van der Waals surface area contributed by atoms with E-state index in [0.717, 1.165) is 11.8 Å². The van der Waals surface area contributed by atoms with Gasteiger partial charge in [0.05, 0.1) is 6.21 Å². The monoisotopic (exact) mass is 132 g/mol. The van der Waals surface area contributed by atoms with Gasteiger partial charge in [0.2, 0.25) is 0 Å². The van der Waals surface area contributed by atoms with E-state index in [-0.39, 0.29) is 0 Å². The average Bonchev–Trinajstić information content (AvgIpc) is 1.95. The highest BCUT2D eigenvalue weighted by Crippen LogP contribution is 2.07. The highest BCUT2D eigenvalue weighted by atomic mass is 14.3. The standard InChI is InChI=1S/C9H10N/c1-7-3-4-9(6-10)5-8(7)2/h3-6H,1-2H3. The topological polar surface area (TPSA) is 22.3 Å². The normalized spacial score (nSPS) is 9.40. The molecule has 1 aromatic carbocycles. The second kappa shape index (κ2) is 2.65. The van der Waals surface area contributed by atoms with E-state index < -0.39 is 0 Å². The number of hydrogen-bond acceptors (Lipinski definition) is 0. The minimum atomic E-state index is 0.864. The molecule has 0 aliphatic carbocycles. The van der Waals surface area contributed by atoms with E-state index in [2.05, 4.69) is 6.92 Å². The molecule has 1 nitrogen and oxygen atoms in total. The maximum Gasteiger partial charge on any atom is 0.0568 e. The number of benzene rings is 1. The summed E-state index contributed by atoms with van der Waals surface area (Å²) in [5.41, 5.74) is 3.33. The van der Waals surface area contributed by atoms with Crippen LogP contribution in [0.1, 0.15) is 16.7 Å².